The first-order chi connectivity index (χ1) is 3.42. The molecule has 0 fully saturated rings. The van der Waals surface area contributed by atoms with E-state index in [2.05, 4.69) is 19.6 Å². The molecular weight excluding hydrogens is 159 g/mol. The van der Waals surface area contributed by atoms with Crippen molar-refractivity contribution in [3.8, 4) is 0 Å². The van der Waals surface area contributed by atoms with E-state index in [1.54, 1.807) is 0 Å². The van der Waals surface area contributed by atoms with Crippen molar-refractivity contribution in [2.24, 2.45) is 0 Å². The highest BCUT2D eigenvalue weighted by atomic mass is 35.5. The Balaban J connectivity index is 3.89. The molecule has 0 nitrogen and oxygen atoms in total. The number of hydrogen-bond donors (Lipinski definition) is 0. The molecule has 0 amide bonds. The third-order valence-electron chi connectivity index (χ3n) is 0.542. The van der Waals surface area contributed by atoms with Gasteiger partial charge in [-0.2, -0.15) is 0 Å². The third-order valence-corrected chi connectivity index (χ3v) is 2.28. The molecule has 0 rings (SSSR count). The lowest BCUT2D eigenvalue weighted by molar-refractivity contribution is 1.77. The van der Waals surface area contributed by atoms with Gasteiger partial charge in [-0.1, -0.05) is 48.5 Å². The van der Waals surface area contributed by atoms with Crippen LogP contribution in [0.2, 0.25) is 19.6 Å². The van der Waals surface area contributed by atoms with E-state index in [0.29, 0.717) is 4.49 Å². The summed E-state index contributed by atoms with van der Waals surface area (Å²) in [5, 5.41) is 0. The van der Waals surface area contributed by atoms with Crippen LogP contribution in [0.3, 0.4) is 0 Å². The Bertz CT molecular complexity index is 97.5. The monoisotopic (exact) mass is 168 g/mol. The van der Waals surface area contributed by atoms with Crippen molar-refractivity contribution in [3.05, 3.63) is 10.2 Å². The highest BCUT2D eigenvalue weighted by molar-refractivity contribution is 6.83. The quantitative estimate of drug-likeness (QED) is 0.529. The van der Waals surface area contributed by atoms with E-state index in [1.165, 1.54) is 0 Å². The first-order valence-electron chi connectivity index (χ1n) is 2.46. The summed E-state index contributed by atoms with van der Waals surface area (Å²) in [6.45, 7) is 6.54. The highest BCUT2D eigenvalue weighted by Gasteiger charge is 2.08. The molecule has 48 valence electrons. The van der Waals surface area contributed by atoms with E-state index in [-0.39, 0.29) is 0 Å². The molecule has 0 spiro atoms. The minimum atomic E-state index is -1.15. The van der Waals surface area contributed by atoms with Crippen molar-refractivity contribution in [3.63, 3.8) is 0 Å². The van der Waals surface area contributed by atoms with Crippen molar-refractivity contribution < 1.29 is 0 Å². The lowest BCUT2D eigenvalue weighted by Crippen LogP contribution is -2.15. The molecule has 0 N–H and O–H groups in total. The van der Waals surface area contributed by atoms with Gasteiger partial charge in [0, 0.05) is 0 Å². The molecule has 8 heavy (non-hydrogen) atoms. The van der Waals surface area contributed by atoms with Crippen LogP contribution in [0.4, 0.5) is 0 Å². The lowest BCUT2D eigenvalue weighted by atomic mass is 11.2. The zero-order valence-corrected chi connectivity index (χ0v) is 7.85. The van der Waals surface area contributed by atoms with E-state index >= 15 is 0 Å². The summed E-state index contributed by atoms with van der Waals surface area (Å²) in [5.41, 5.74) is 1.94. The predicted molar refractivity (Wildman–Crippen MR) is 43.1 cm³/mol. The summed E-state index contributed by atoms with van der Waals surface area (Å²) in [6, 6.07) is 0. The van der Waals surface area contributed by atoms with Gasteiger partial charge in [-0.15, -0.1) is 0 Å². The number of halogens is 2. The third kappa shape index (κ3) is 6.54. The van der Waals surface area contributed by atoms with Gasteiger partial charge in [-0.05, 0) is 0 Å². The minimum absolute atomic E-state index is 0.407. The summed E-state index contributed by atoms with van der Waals surface area (Å²) in [7, 11) is -1.15. The van der Waals surface area contributed by atoms with Crippen molar-refractivity contribution >= 4 is 31.3 Å². The molecule has 0 aliphatic rings. The van der Waals surface area contributed by atoms with Gasteiger partial charge in [-0.25, -0.2) is 0 Å². The van der Waals surface area contributed by atoms with Crippen LogP contribution in [-0.2, 0) is 0 Å². The van der Waals surface area contributed by atoms with E-state index in [0.717, 1.165) is 0 Å². The van der Waals surface area contributed by atoms with Gasteiger partial charge in [0.05, 0.1) is 12.6 Å². The molecule has 0 aliphatic carbocycles. The topological polar surface area (TPSA) is 0 Å². The normalized spacial score (nSPS) is 11.1. The average Bonchev–Trinajstić information content (AvgIpc) is 1.21. The summed E-state index contributed by atoms with van der Waals surface area (Å²) < 4.78 is 0.407. The molecule has 0 radical (unpaired) electrons. The standard InChI is InChI=1S/C5H10Cl2Si/c1-8(2,3)4-5(6)7/h4H,1-3H3. The van der Waals surface area contributed by atoms with Crippen LogP contribution in [0.5, 0.6) is 0 Å². The van der Waals surface area contributed by atoms with E-state index in [9.17, 15) is 0 Å². The number of rotatable bonds is 1. The Morgan fingerprint density at radius 3 is 1.62 bits per heavy atom. The Kier molecular flexibility index (Phi) is 3.10. The minimum Gasteiger partial charge on any atom is -0.0717 e. The maximum atomic E-state index is 5.42. The molecular formula is C5H10Cl2Si. The van der Waals surface area contributed by atoms with Crippen molar-refractivity contribution in [1.82, 2.24) is 0 Å². The average molecular weight is 169 g/mol. The van der Waals surface area contributed by atoms with Crippen molar-refractivity contribution in [1.29, 1.82) is 0 Å². The molecule has 0 heterocycles. The second-order valence-electron chi connectivity index (χ2n) is 2.80. The first-order valence-corrected chi connectivity index (χ1v) is 6.79. The largest absolute Gasteiger partial charge is 0.0986 e. The summed E-state index contributed by atoms with van der Waals surface area (Å²) in [6.07, 6.45) is 0. The first kappa shape index (κ1) is 8.54. The van der Waals surface area contributed by atoms with Crippen LogP contribution in [0.1, 0.15) is 0 Å². The molecule has 0 unspecified atom stereocenters. The zero-order valence-electron chi connectivity index (χ0n) is 5.33. The van der Waals surface area contributed by atoms with E-state index in [1.807, 2.05) is 5.70 Å². The van der Waals surface area contributed by atoms with E-state index in [4.69, 9.17) is 23.2 Å². The van der Waals surface area contributed by atoms with Gasteiger partial charge in [0.25, 0.3) is 0 Å². The van der Waals surface area contributed by atoms with Gasteiger partial charge >= 0.3 is 0 Å². The van der Waals surface area contributed by atoms with Crippen molar-refractivity contribution in [2.75, 3.05) is 0 Å². The second kappa shape index (κ2) is 2.90. The lowest BCUT2D eigenvalue weighted by Gasteiger charge is -2.06. The van der Waals surface area contributed by atoms with Gasteiger partial charge in [0.15, 0.2) is 0 Å². The Morgan fingerprint density at radius 1 is 1.25 bits per heavy atom. The van der Waals surface area contributed by atoms with E-state index < -0.39 is 8.07 Å². The zero-order chi connectivity index (χ0) is 6.78. The summed E-state index contributed by atoms with van der Waals surface area (Å²) in [5.74, 6) is 0. The van der Waals surface area contributed by atoms with Crippen LogP contribution >= 0.6 is 23.2 Å². The van der Waals surface area contributed by atoms with Gasteiger partial charge in [-0.3, -0.25) is 0 Å². The van der Waals surface area contributed by atoms with Crippen LogP contribution in [0, 0.1) is 0 Å². The molecule has 0 aliphatic heterocycles. The highest BCUT2D eigenvalue weighted by Crippen LogP contribution is 2.12. The van der Waals surface area contributed by atoms with Crippen LogP contribution in [0.25, 0.3) is 0 Å². The molecule has 0 saturated heterocycles. The maximum absolute atomic E-state index is 5.42. The fourth-order valence-electron chi connectivity index (χ4n) is 0.327. The Hall–Kier alpha value is 0.537. The van der Waals surface area contributed by atoms with Crippen LogP contribution in [0.15, 0.2) is 10.2 Å². The molecule has 0 aromatic carbocycles. The number of hydrogen-bond acceptors (Lipinski definition) is 0. The van der Waals surface area contributed by atoms with Gasteiger partial charge in [0.1, 0.15) is 0 Å². The summed E-state index contributed by atoms with van der Waals surface area (Å²) in [4.78, 5) is 0. The predicted octanol–water partition coefficient (Wildman–Crippen LogP) is 3.18. The smallest absolute Gasteiger partial charge is 0.0717 e. The van der Waals surface area contributed by atoms with Gasteiger partial charge in [0.2, 0.25) is 0 Å². The molecule has 0 atom stereocenters. The van der Waals surface area contributed by atoms with Crippen LogP contribution in [-0.4, -0.2) is 8.07 Å². The fourth-order valence-corrected chi connectivity index (χ4v) is 2.95. The molecule has 0 saturated carbocycles. The molecule has 0 bridgehead atoms. The fraction of sp³-hybridized carbons (Fsp3) is 0.600. The van der Waals surface area contributed by atoms with Gasteiger partial charge < -0.3 is 0 Å². The van der Waals surface area contributed by atoms with Crippen LogP contribution < -0.4 is 0 Å². The van der Waals surface area contributed by atoms with Crippen molar-refractivity contribution in [2.45, 2.75) is 19.6 Å². The molecule has 3 heteroatoms. The molecule has 0 aromatic rings. The summed E-state index contributed by atoms with van der Waals surface area (Å²) >= 11 is 10.8. The maximum Gasteiger partial charge on any atom is 0.0986 e. The Morgan fingerprint density at radius 2 is 1.62 bits per heavy atom. The SMILES string of the molecule is C[Si](C)(C)C=C(Cl)Cl. The Labute approximate surface area is 61.5 Å². The molecule has 0 aromatic heterocycles. The second-order valence-corrected chi connectivity index (χ2v) is 8.83.